The van der Waals surface area contributed by atoms with Crippen LogP contribution in [0.15, 0.2) is 12.1 Å². The quantitative estimate of drug-likeness (QED) is 0.873. The predicted molar refractivity (Wildman–Crippen MR) is 66.5 cm³/mol. The van der Waals surface area contributed by atoms with Crippen LogP contribution in [0.4, 0.5) is 0 Å². The molecular formula is C14H20O3. The number of methoxy groups -OCH3 is 2. The summed E-state index contributed by atoms with van der Waals surface area (Å²) in [7, 11) is 3.24. The number of rotatable bonds is 4. The molecule has 17 heavy (non-hydrogen) atoms. The van der Waals surface area contributed by atoms with Gasteiger partial charge in [0.25, 0.3) is 0 Å². The average Bonchev–Trinajstić information content (AvgIpc) is 3.05. The van der Waals surface area contributed by atoms with E-state index in [9.17, 15) is 5.11 Å². The summed E-state index contributed by atoms with van der Waals surface area (Å²) in [5.74, 6) is 2.41. The normalized spacial score (nSPS) is 24.3. The molecule has 0 heterocycles. The zero-order valence-electron chi connectivity index (χ0n) is 10.9. The van der Waals surface area contributed by atoms with Crippen molar-refractivity contribution >= 4 is 0 Å². The highest BCUT2D eigenvalue weighted by Crippen LogP contribution is 2.48. The van der Waals surface area contributed by atoms with Gasteiger partial charge < -0.3 is 14.6 Å². The van der Waals surface area contributed by atoms with Crippen LogP contribution in [0.3, 0.4) is 0 Å². The molecule has 1 aromatic rings. The summed E-state index contributed by atoms with van der Waals surface area (Å²) in [6.07, 6.45) is 0.722. The standard InChI is InChI=1S/C14H20O3/c1-8-5-10(8)14(15)11-7-13(17-4)12(16-3)6-9(11)2/h6-8,10,14-15H,5H2,1-4H3. The highest BCUT2D eigenvalue weighted by atomic mass is 16.5. The minimum atomic E-state index is -0.384. The van der Waals surface area contributed by atoms with Crippen LogP contribution < -0.4 is 9.47 Å². The summed E-state index contributed by atoms with van der Waals surface area (Å²) in [4.78, 5) is 0. The summed E-state index contributed by atoms with van der Waals surface area (Å²) in [6, 6.07) is 3.81. The Morgan fingerprint density at radius 2 is 1.76 bits per heavy atom. The van der Waals surface area contributed by atoms with E-state index in [4.69, 9.17) is 9.47 Å². The number of benzene rings is 1. The van der Waals surface area contributed by atoms with E-state index in [0.29, 0.717) is 23.3 Å². The summed E-state index contributed by atoms with van der Waals surface area (Å²) in [6.45, 7) is 4.16. The van der Waals surface area contributed by atoms with E-state index < -0.39 is 0 Å². The van der Waals surface area contributed by atoms with Crippen molar-refractivity contribution < 1.29 is 14.6 Å². The van der Waals surface area contributed by atoms with Crippen molar-refractivity contribution in [1.82, 2.24) is 0 Å². The van der Waals surface area contributed by atoms with Crippen LogP contribution in [0.1, 0.15) is 30.6 Å². The van der Waals surface area contributed by atoms with Gasteiger partial charge in [-0.25, -0.2) is 0 Å². The van der Waals surface area contributed by atoms with E-state index in [1.54, 1.807) is 14.2 Å². The molecule has 3 atom stereocenters. The van der Waals surface area contributed by atoms with Crippen LogP contribution >= 0.6 is 0 Å². The smallest absolute Gasteiger partial charge is 0.161 e. The SMILES string of the molecule is COc1cc(C)c(C(O)C2CC2C)cc1OC. The Kier molecular flexibility index (Phi) is 3.29. The first-order chi connectivity index (χ1) is 8.08. The van der Waals surface area contributed by atoms with E-state index in [1.807, 2.05) is 19.1 Å². The third-order valence-electron chi connectivity index (χ3n) is 3.67. The van der Waals surface area contributed by atoms with Crippen LogP contribution in [0, 0.1) is 18.8 Å². The molecular weight excluding hydrogens is 216 g/mol. The molecule has 0 bridgehead atoms. The first-order valence-corrected chi connectivity index (χ1v) is 5.99. The monoisotopic (exact) mass is 236 g/mol. The Balaban J connectivity index is 2.33. The molecule has 0 radical (unpaired) electrons. The van der Waals surface area contributed by atoms with Crippen molar-refractivity contribution in [1.29, 1.82) is 0 Å². The van der Waals surface area contributed by atoms with E-state index >= 15 is 0 Å². The van der Waals surface area contributed by atoms with Crippen molar-refractivity contribution in [2.45, 2.75) is 26.4 Å². The van der Waals surface area contributed by atoms with Crippen molar-refractivity contribution in [2.75, 3.05) is 14.2 Å². The second-order valence-corrected chi connectivity index (χ2v) is 4.89. The first-order valence-electron chi connectivity index (χ1n) is 5.99. The van der Waals surface area contributed by atoms with Crippen molar-refractivity contribution in [3.05, 3.63) is 23.3 Å². The second kappa shape index (κ2) is 4.57. The van der Waals surface area contributed by atoms with Gasteiger partial charge in [0.2, 0.25) is 0 Å². The molecule has 1 fully saturated rings. The minimum Gasteiger partial charge on any atom is -0.493 e. The van der Waals surface area contributed by atoms with Gasteiger partial charge in [-0.3, -0.25) is 0 Å². The number of ether oxygens (including phenoxy) is 2. The zero-order chi connectivity index (χ0) is 12.6. The summed E-state index contributed by atoms with van der Waals surface area (Å²) < 4.78 is 10.5. The molecule has 0 aromatic heterocycles. The van der Waals surface area contributed by atoms with Gasteiger partial charge in [-0.1, -0.05) is 6.92 Å². The summed E-state index contributed by atoms with van der Waals surface area (Å²) in [5, 5.41) is 10.3. The molecule has 0 aliphatic heterocycles. The van der Waals surface area contributed by atoms with Crippen molar-refractivity contribution in [3.63, 3.8) is 0 Å². The highest BCUT2D eigenvalue weighted by molar-refractivity contribution is 5.48. The maximum Gasteiger partial charge on any atom is 0.161 e. The van der Waals surface area contributed by atoms with Gasteiger partial charge in [-0.15, -0.1) is 0 Å². The predicted octanol–water partition coefficient (Wildman–Crippen LogP) is 2.70. The fraction of sp³-hybridized carbons (Fsp3) is 0.571. The van der Waals surface area contributed by atoms with Crippen LogP contribution in [0.5, 0.6) is 11.5 Å². The maximum absolute atomic E-state index is 10.3. The number of aliphatic hydroxyl groups excluding tert-OH is 1. The lowest BCUT2D eigenvalue weighted by molar-refractivity contribution is 0.147. The molecule has 1 saturated carbocycles. The maximum atomic E-state index is 10.3. The second-order valence-electron chi connectivity index (χ2n) is 4.89. The van der Waals surface area contributed by atoms with Gasteiger partial charge >= 0.3 is 0 Å². The van der Waals surface area contributed by atoms with Gasteiger partial charge in [0.05, 0.1) is 20.3 Å². The lowest BCUT2D eigenvalue weighted by Gasteiger charge is -2.17. The molecule has 3 heteroatoms. The molecule has 94 valence electrons. The van der Waals surface area contributed by atoms with Crippen molar-refractivity contribution in [2.24, 2.45) is 11.8 Å². The fourth-order valence-electron chi connectivity index (χ4n) is 2.34. The molecule has 2 rings (SSSR count). The molecule has 3 nitrogen and oxygen atoms in total. The van der Waals surface area contributed by atoms with E-state index in [1.165, 1.54) is 0 Å². The Labute approximate surface area is 102 Å². The molecule has 1 aromatic carbocycles. The van der Waals surface area contributed by atoms with Crippen LogP contribution in [0.2, 0.25) is 0 Å². The minimum absolute atomic E-state index is 0.384. The Morgan fingerprint density at radius 1 is 1.24 bits per heavy atom. The fourth-order valence-corrected chi connectivity index (χ4v) is 2.34. The van der Waals surface area contributed by atoms with Gasteiger partial charge in [0, 0.05) is 0 Å². The molecule has 0 saturated heterocycles. The topological polar surface area (TPSA) is 38.7 Å². The Morgan fingerprint density at radius 3 is 2.24 bits per heavy atom. The lowest BCUT2D eigenvalue weighted by Crippen LogP contribution is -2.05. The van der Waals surface area contributed by atoms with Crippen LogP contribution in [-0.4, -0.2) is 19.3 Å². The van der Waals surface area contributed by atoms with E-state index in [2.05, 4.69) is 6.92 Å². The summed E-state index contributed by atoms with van der Waals surface area (Å²) >= 11 is 0. The first kappa shape index (κ1) is 12.2. The van der Waals surface area contributed by atoms with E-state index in [0.717, 1.165) is 17.5 Å². The average molecular weight is 236 g/mol. The molecule has 0 amide bonds. The largest absolute Gasteiger partial charge is 0.493 e. The van der Waals surface area contributed by atoms with Gasteiger partial charge in [-0.2, -0.15) is 0 Å². The number of aryl methyl sites for hydroxylation is 1. The zero-order valence-corrected chi connectivity index (χ0v) is 10.9. The van der Waals surface area contributed by atoms with E-state index in [-0.39, 0.29) is 6.10 Å². The molecule has 1 aliphatic rings. The number of aliphatic hydroxyl groups is 1. The molecule has 3 unspecified atom stereocenters. The Hall–Kier alpha value is -1.22. The number of hydrogen-bond donors (Lipinski definition) is 1. The highest BCUT2D eigenvalue weighted by Gasteiger charge is 2.40. The van der Waals surface area contributed by atoms with Gasteiger partial charge in [0.15, 0.2) is 11.5 Å². The molecule has 0 spiro atoms. The van der Waals surface area contributed by atoms with Gasteiger partial charge in [-0.05, 0) is 48.4 Å². The third kappa shape index (κ3) is 2.25. The van der Waals surface area contributed by atoms with Gasteiger partial charge in [0.1, 0.15) is 0 Å². The van der Waals surface area contributed by atoms with Crippen molar-refractivity contribution in [3.8, 4) is 11.5 Å². The molecule has 1 aliphatic carbocycles. The Bertz CT molecular complexity index is 414. The number of hydrogen-bond acceptors (Lipinski definition) is 3. The van der Waals surface area contributed by atoms with Crippen LogP contribution in [0.25, 0.3) is 0 Å². The summed E-state index contributed by atoms with van der Waals surface area (Å²) in [5.41, 5.74) is 2.01. The van der Waals surface area contributed by atoms with Crippen LogP contribution in [-0.2, 0) is 0 Å². The molecule has 1 N–H and O–H groups in total. The third-order valence-corrected chi connectivity index (χ3v) is 3.67. The lowest BCUT2D eigenvalue weighted by atomic mass is 9.98.